The Labute approximate surface area is 138 Å². The van der Waals surface area contributed by atoms with E-state index in [2.05, 4.69) is 69.9 Å². The van der Waals surface area contributed by atoms with Crippen molar-refractivity contribution in [3.63, 3.8) is 0 Å². The van der Waals surface area contributed by atoms with Crippen molar-refractivity contribution >= 4 is 39.0 Å². The minimum absolute atomic E-state index is 0.533. The van der Waals surface area contributed by atoms with Gasteiger partial charge in [0.2, 0.25) is 0 Å². The van der Waals surface area contributed by atoms with E-state index in [9.17, 15) is 0 Å². The Kier molecular flexibility index (Phi) is 7.14. The fourth-order valence-corrected chi connectivity index (χ4v) is 4.37. The number of thiophene rings is 1. The third kappa shape index (κ3) is 5.24. The van der Waals surface area contributed by atoms with Crippen molar-refractivity contribution in [1.29, 1.82) is 0 Å². The molecule has 0 fully saturated rings. The average Bonchev–Trinajstić information content (AvgIpc) is 2.96. The molecule has 1 aromatic heterocycles. The molecule has 1 N–H and O–H groups in total. The minimum Gasteiger partial charge on any atom is -0.313 e. The quantitative estimate of drug-likeness (QED) is 0.640. The van der Waals surface area contributed by atoms with Gasteiger partial charge in [-0.15, -0.1) is 23.1 Å². The molecule has 1 unspecified atom stereocenters. The van der Waals surface area contributed by atoms with Gasteiger partial charge in [-0.25, -0.2) is 0 Å². The predicted molar refractivity (Wildman–Crippen MR) is 95.0 cm³/mol. The largest absolute Gasteiger partial charge is 0.313 e. The van der Waals surface area contributed by atoms with Crippen molar-refractivity contribution in [3.8, 4) is 0 Å². The van der Waals surface area contributed by atoms with E-state index in [4.69, 9.17) is 0 Å². The van der Waals surface area contributed by atoms with Crippen LogP contribution in [0.4, 0.5) is 0 Å². The van der Waals surface area contributed by atoms with Crippen LogP contribution in [-0.4, -0.2) is 18.3 Å². The Bertz CT molecular complexity index is 499. The van der Waals surface area contributed by atoms with E-state index >= 15 is 0 Å². The van der Waals surface area contributed by atoms with E-state index in [0.29, 0.717) is 6.04 Å². The monoisotopic (exact) mass is 369 g/mol. The van der Waals surface area contributed by atoms with Crippen LogP contribution in [0.5, 0.6) is 0 Å². The van der Waals surface area contributed by atoms with Crippen LogP contribution in [0.2, 0.25) is 0 Å². The molecule has 2 aromatic rings. The first kappa shape index (κ1) is 16.1. The van der Waals surface area contributed by atoms with Gasteiger partial charge in [0, 0.05) is 26.0 Å². The van der Waals surface area contributed by atoms with Crippen LogP contribution in [0.1, 0.15) is 18.2 Å². The molecule has 2 rings (SSSR count). The van der Waals surface area contributed by atoms with E-state index in [0.717, 1.165) is 18.7 Å². The van der Waals surface area contributed by atoms with E-state index in [-0.39, 0.29) is 0 Å². The highest BCUT2D eigenvalue weighted by Crippen LogP contribution is 2.28. The zero-order chi connectivity index (χ0) is 14.2. The Morgan fingerprint density at radius 2 is 2.10 bits per heavy atom. The Morgan fingerprint density at radius 3 is 2.80 bits per heavy atom. The molecule has 1 aromatic carbocycles. The molecule has 1 atom stereocenters. The van der Waals surface area contributed by atoms with Crippen LogP contribution >= 0.6 is 39.0 Å². The van der Waals surface area contributed by atoms with Crippen molar-refractivity contribution in [1.82, 2.24) is 5.32 Å². The van der Waals surface area contributed by atoms with Crippen LogP contribution in [-0.2, 0) is 6.42 Å². The first-order valence-electron chi connectivity index (χ1n) is 6.92. The second kappa shape index (κ2) is 8.88. The second-order valence-electron chi connectivity index (χ2n) is 4.68. The van der Waals surface area contributed by atoms with E-state index in [1.54, 1.807) is 0 Å². The normalized spacial score (nSPS) is 12.5. The fourth-order valence-electron chi connectivity index (χ4n) is 1.96. The highest BCUT2D eigenvalue weighted by atomic mass is 79.9. The molecule has 0 aliphatic heterocycles. The molecule has 1 nitrogen and oxygen atoms in total. The molecule has 4 heteroatoms. The molecule has 0 spiro atoms. The Morgan fingerprint density at radius 1 is 1.25 bits per heavy atom. The summed E-state index contributed by atoms with van der Waals surface area (Å²) in [5, 5.41) is 5.83. The van der Waals surface area contributed by atoms with E-state index in [1.807, 2.05) is 23.1 Å². The SMILES string of the molecule is CCCNC(CSc1ccccc1Br)Cc1cccs1. The van der Waals surface area contributed by atoms with Gasteiger partial charge in [-0.05, 0) is 58.9 Å². The summed E-state index contributed by atoms with van der Waals surface area (Å²) in [6, 6.07) is 13.3. The summed E-state index contributed by atoms with van der Waals surface area (Å²) in [5.41, 5.74) is 0. The van der Waals surface area contributed by atoms with Crippen LogP contribution in [0, 0.1) is 0 Å². The number of benzene rings is 1. The molecule has 0 saturated carbocycles. The van der Waals surface area contributed by atoms with Crippen LogP contribution in [0.25, 0.3) is 0 Å². The molecular weight excluding hydrogens is 350 g/mol. The maximum absolute atomic E-state index is 3.67. The summed E-state index contributed by atoms with van der Waals surface area (Å²) in [6.07, 6.45) is 2.30. The van der Waals surface area contributed by atoms with Gasteiger partial charge in [0.15, 0.2) is 0 Å². The second-order valence-corrected chi connectivity index (χ2v) is 7.62. The number of nitrogens with one attached hydrogen (secondary N) is 1. The van der Waals surface area contributed by atoms with Gasteiger partial charge in [-0.3, -0.25) is 0 Å². The van der Waals surface area contributed by atoms with Gasteiger partial charge in [-0.2, -0.15) is 0 Å². The molecule has 1 heterocycles. The third-order valence-electron chi connectivity index (χ3n) is 2.99. The highest BCUT2D eigenvalue weighted by molar-refractivity contribution is 9.10. The molecule has 0 aliphatic carbocycles. The molecule has 0 bridgehead atoms. The smallest absolute Gasteiger partial charge is 0.0311 e. The molecule has 0 amide bonds. The topological polar surface area (TPSA) is 12.0 Å². The van der Waals surface area contributed by atoms with Gasteiger partial charge >= 0.3 is 0 Å². The average molecular weight is 370 g/mol. The fraction of sp³-hybridized carbons (Fsp3) is 0.375. The Balaban J connectivity index is 1.91. The van der Waals surface area contributed by atoms with E-state index < -0.39 is 0 Å². The first-order chi connectivity index (χ1) is 9.79. The summed E-state index contributed by atoms with van der Waals surface area (Å²) in [4.78, 5) is 2.79. The lowest BCUT2D eigenvalue weighted by Gasteiger charge is -2.18. The number of hydrogen-bond acceptors (Lipinski definition) is 3. The summed E-state index contributed by atoms with van der Waals surface area (Å²) >= 11 is 7.39. The van der Waals surface area contributed by atoms with Crippen LogP contribution < -0.4 is 5.32 Å². The van der Waals surface area contributed by atoms with Crippen molar-refractivity contribution in [3.05, 3.63) is 51.1 Å². The predicted octanol–water partition coefficient (Wildman–Crippen LogP) is 5.21. The van der Waals surface area contributed by atoms with Gasteiger partial charge < -0.3 is 5.32 Å². The number of hydrogen-bond donors (Lipinski definition) is 1. The van der Waals surface area contributed by atoms with Gasteiger partial charge in [0.05, 0.1) is 0 Å². The molecule has 0 saturated heterocycles. The van der Waals surface area contributed by atoms with Crippen molar-refractivity contribution in [2.75, 3.05) is 12.3 Å². The standard InChI is InChI=1S/C16H20BrNS2/c1-2-9-18-13(11-14-6-5-10-19-14)12-20-16-8-4-3-7-15(16)17/h3-8,10,13,18H,2,9,11-12H2,1H3. The van der Waals surface area contributed by atoms with Crippen LogP contribution in [0.3, 0.4) is 0 Å². The molecule has 20 heavy (non-hydrogen) atoms. The van der Waals surface area contributed by atoms with Crippen LogP contribution in [0.15, 0.2) is 51.1 Å². The minimum atomic E-state index is 0.533. The van der Waals surface area contributed by atoms with Crippen molar-refractivity contribution < 1.29 is 0 Å². The van der Waals surface area contributed by atoms with Crippen molar-refractivity contribution in [2.45, 2.75) is 30.7 Å². The molecule has 0 radical (unpaired) electrons. The summed E-state index contributed by atoms with van der Waals surface area (Å²) in [5.74, 6) is 1.10. The first-order valence-corrected chi connectivity index (χ1v) is 9.58. The summed E-state index contributed by atoms with van der Waals surface area (Å²) in [6.45, 7) is 3.31. The van der Waals surface area contributed by atoms with Gasteiger partial charge in [0.25, 0.3) is 0 Å². The summed E-state index contributed by atoms with van der Waals surface area (Å²) < 4.78 is 1.19. The zero-order valence-corrected chi connectivity index (χ0v) is 14.9. The Hall–Kier alpha value is -0.290. The lowest BCUT2D eigenvalue weighted by Crippen LogP contribution is -2.33. The summed E-state index contributed by atoms with van der Waals surface area (Å²) in [7, 11) is 0. The van der Waals surface area contributed by atoms with E-state index in [1.165, 1.54) is 20.7 Å². The van der Waals surface area contributed by atoms with Crippen molar-refractivity contribution in [2.24, 2.45) is 0 Å². The maximum Gasteiger partial charge on any atom is 0.0311 e. The zero-order valence-electron chi connectivity index (χ0n) is 11.6. The number of halogens is 1. The number of rotatable bonds is 8. The lowest BCUT2D eigenvalue weighted by atomic mass is 10.2. The lowest BCUT2D eigenvalue weighted by molar-refractivity contribution is 0.553. The number of thioether (sulfide) groups is 1. The van der Waals surface area contributed by atoms with Gasteiger partial charge in [-0.1, -0.05) is 25.1 Å². The van der Waals surface area contributed by atoms with Gasteiger partial charge in [0.1, 0.15) is 0 Å². The molecule has 0 aliphatic rings. The molecular formula is C16H20BrNS2. The highest BCUT2D eigenvalue weighted by Gasteiger charge is 2.11. The molecule has 108 valence electrons. The maximum atomic E-state index is 3.67. The third-order valence-corrected chi connectivity index (χ3v) is 6.08.